The monoisotopic (exact) mass is 220 g/mol. The molecule has 0 aliphatic rings. The Morgan fingerprint density at radius 3 is 2.50 bits per heavy atom. The third-order valence-corrected chi connectivity index (χ3v) is 2.77. The Bertz CT molecular complexity index is 469. The molecule has 0 nitrogen and oxygen atoms in total. The van der Waals surface area contributed by atoms with Crippen LogP contribution in [0.1, 0.15) is 5.56 Å². The number of hydrogen-bond donors (Lipinski definition) is 0. The Hall–Kier alpha value is -1.10. The first-order valence-corrected chi connectivity index (χ1v) is 4.60. The molecule has 0 aliphatic carbocycles. The summed E-state index contributed by atoms with van der Waals surface area (Å²) in [4.78, 5) is 0. The zero-order valence-corrected chi connectivity index (χ0v) is 7.55. The minimum atomic E-state index is -4.37. The molecule has 0 radical (unpaired) electrons. The molecule has 0 atom stereocenters. The van der Waals surface area contributed by atoms with Gasteiger partial charge in [-0.3, -0.25) is 0 Å². The number of alkyl halides is 3. The number of benzene rings is 1. The molecule has 1 heterocycles. The van der Waals surface area contributed by atoms with Crippen molar-refractivity contribution in [3.63, 3.8) is 0 Å². The van der Waals surface area contributed by atoms with Crippen LogP contribution in [-0.2, 0) is 6.18 Å². The van der Waals surface area contributed by atoms with Gasteiger partial charge >= 0.3 is 6.18 Å². The Morgan fingerprint density at radius 2 is 1.86 bits per heavy atom. The maximum atomic E-state index is 12.9. The Morgan fingerprint density at radius 1 is 1.14 bits per heavy atom. The summed E-state index contributed by atoms with van der Waals surface area (Å²) in [5.74, 6) is -0.473. The van der Waals surface area contributed by atoms with Gasteiger partial charge in [0.25, 0.3) is 0 Å². The second-order valence-corrected chi connectivity index (χ2v) is 3.70. The first-order chi connectivity index (χ1) is 6.48. The summed E-state index contributed by atoms with van der Waals surface area (Å²) in [6.45, 7) is 0. The molecule has 0 aliphatic heterocycles. The van der Waals surface area contributed by atoms with E-state index in [2.05, 4.69) is 0 Å². The highest BCUT2D eigenvalue weighted by Crippen LogP contribution is 2.33. The Labute approximate surface area is 80.8 Å². The van der Waals surface area contributed by atoms with Crippen LogP contribution >= 0.6 is 11.3 Å². The molecular formula is C9H4F4S. The van der Waals surface area contributed by atoms with Crippen molar-refractivity contribution in [3.8, 4) is 0 Å². The molecule has 14 heavy (non-hydrogen) atoms. The van der Waals surface area contributed by atoms with Crippen LogP contribution in [0.25, 0.3) is 10.1 Å². The molecule has 2 rings (SSSR count). The smallest absolute Gasteiger partial charge is 0.205 e. The molecule has 0 bridgehead atoms. The van der Waals surface area contributed by atoms with Gasteiger partial charge in [0.05, 0.1) is 5.56 Å². The summed E-state index contributed by atoms with van der Waals surface area (Å²) in [5, 5.41) is 1.44. The maximum absolute atomic E-state index is 12.9. The third kappa shape index (κ3) is 1.48. The highest BCUT2D eigenvalue weighted by molar-refractivity contribution is 7.17. The van der Waals surface area contributed by atoms with E-state index in [-0.39, 0.29) is 5.39 Å². The fraction of sp³-hybridized carbons (Fsp3) is 0.111. The van der Waals surface area contributed by atoms with Gasteiger partial charge in [0.1, 0.15) is 5.82 Å². The van der Waals surface area contributed by atoms with Gasteiger partial charge in [-0.25, -0.2) is 4.39 Å². The average molecular weight is 220 g/mol. The van der Waals surface area contributed by atoms with Crippen LogP contribution < -0.4 is 0 Å². The summed E-state index contributed by atoms with van der Waals surface area (Å²) < 4.78 is 49.9. The molecule has 0 fully saturated rings. The number of rotatable bonds is 0. The summed E-state index contributed by atoms with van der Waals surface area (Å²) in [5.41, 5.74) is -0.744. The van der Waals surface area contributed by atoms with Crippen molar-refractivity contribution in [2.24, 2.45) is 0 Å². The lowest BCUT2D eigenvalue weighted by atomic mass is 10.2. The van der Waals surface area contributed by atoms with Crippen molar-refractivity contribution in [3.05, 3.63) is 35.0 Å². The fourth-order valence-electron chi connectivity index (χ4n) is 1.17. The van der Waals surface area contributed by atoms with E-state index >= 15 is 0 Å². The van der Waals surface area contributed by atoms with Gasteiger partial charge in [-0.1, -0.05) is 0 Å². The zero-order chi connectivity index (χ0) is 10.3. The van der Waals surface area contributed by atoms with Gasteiger partial charge in [-0.2, -0.15) is 13.2 Å². The summed E-state index contributed by atoms with van der Waals surface area (Å²) >= 11 is 0.969. The predicted octanol–water partition coefficient (Wildman–Crippen LogP) is 4.06. The first-order valence-electron chi connectivity index (χ1n) is 3.72. The van der Waals surface area contributed by atoms with Crippen LogP contribution in [0.15, 0.2) is 23.6 Å². The van der Waals surface area contributed by atoms with Crippen LogP contribution in [0, 0.1) is 5.82 Å². The van der Waals surface area contributed by atoms with Gasteiger partial charge in [0.2, 0.25) is 0 Å². The fourth-order valence-corrected chi connectivity index (χ4v) is 2.02. The summed E-state index contributed by atoms with van der Waals surface area (Å²) in [6, 6.07) is 3.01. The van der Waals surface area contributed by atoms with Crippen molar-refractivity contribution < 1.29 is 17.6 Å². The average Bonchev–Trinajstić information content (AvgIpc) is 2.46. The van der Waals surface area contributed by atoms with E-state index in [9.17, 15) is 17.6 Å². The molecule has 0 amide bonds. The van der Waals surface area contributed by atoms with Crippen LogP contribution in [0.3, 0.4) is 0 Å². The van der Waals surface area contributed by atoms with Crippen molar-refractivity contribution in [1.29, 1.82) is 0 Å². The van der Waals surface area contributed by atoms with E-state index in [0.717, 1.165) is 29.5 Å². The molecule has 0 N–H and O–H groups in total. The Balaban J connectivity index is 2.63. The molecule has 5 heteroatoms. The minimum absolute atomic E-state index is 0.239. The van der Waals surface area contributed by atoms with E-state index < -0.39 is 17.6 Å². The van der Waals surface area contributed by atoms with Crippen molar-refractivity contribution in [1.82, 2.24) is 0 Å². The number of thiophene rings is 1. The van der Waals surface area contributed by atoms with E-state index in [4.69, 9.17) is 0 Å². The summed E-state index contributed by atoms with van der Waals surface area (Å²) in [7, 11) is 0. The summed E-state index contributed by atoms with van der Waals surface area (Å²) in [6.07, 6.45) is -4.37. The molecule has 1 aromatic carbocycles. The van der Waals surface area contributed by atoms with E-state index in [1.165, 1.54) is 5.38 Å². The van der Waals surface area contributed by atoms with Crippen LogP contribution in [0.2, 0.25) is 0 Å². The van der Waals surface area contributed by atoms with E-state index in [1.54, 1.807) is 0 Å². The normalized spacial score (nSPS) is 12.3. The maximum Gasteiger partial charge on any atom is 0.416 e. The van der Waals surface area contributed by atoms with Gasteiger partial charge in [-0.15, -0.1) is 11.3 Å². The lowest BCUT2D eigenvalue weighted by Crippen LogP contribution is -2.03. The number of fused-ring (bicyclic) bond motifs is 1. The molecular weight excluding hydrogens is 216 g/mol. The Kier molecular flexibility index (Phi) is 1.99. The molecule has 0 saturated heterocycles. The quantitative estimate of drug-likeness (QED) is 0.587. The lowest BCUT2D eigenvalue weighted by Gasteiger charge is -2.05. The SMILES string of the molecule is Fc1csc2cc(C(F)(F)F)ccc12. The highest BCUT2D eigenvalue weighted by Gasteiger charge is 2.30. The van der Waals surface area contributed by atoms with Crippen LogP contribution in [0.5, 0.6) is 0 Å². The molecule has 2 aromatic rings. The van der Waals surface area contributed by atoms with Crippen molar-refractivity contribution in [2.75, 3.05) is 0 Å². The van der Waals surface area contributed by atoms with Crippen LogP contribution in [0.4, 0.5) is 17.6 Å². The van der Waals surface area contributed by atoms with E-state index in [0.29, 0.717) is 4.70 Å². The van der Waals surface area contributed by atoms with Crippen molar-refractivity contribution in [2.45, 2.75) is 6.18 Å². The first kappa shape index (κ1) is 9.45. The van der Waals surface area contributed by atoms with Gasteiger partial charge in [0.15, 0.2) is 0 Å². The topological polar surface area (TPSA) is 0 Å². The van der Waals surface area contributed by atoms with Gasteiger partial charge < -0.3 is 0 Å². The minimum Gasteiger partial charge on any atom is -0.205 e. The molecule has 0 spiro atoms. The molecule has 0 unspecified atom stereocenters. The van der Waals surface area contributed by atoms with Gasteiger partial charge in [-0.05, 0) is 18.2 Å². The third-order valence-electron chi connectivity index (χ3n) is 1.86. The number of halogens is 4. The molecule has 74 valence electrons. The van der Waals surface area contributed by atoms with Crippen LogP contribution in [-0.4, -0.2) is 0 Å². The van der Waals surface area contributed by atoms with Gasteiger partial charge in [0, 0.05) is 15.5 Å². The highest BCUT2D eigenvalue weighted by atomic mass is 32.1. The second-order valence-electron chi connectivity index (χ2n) is 2.79. The molecule has 0 saturated carbocycles. The van der Waals surface area contributed by atoms with Crippen molar-refractivity contribution >= 4 is 21.4 Å². The second kappa shape index (κ2) is 2.95. The zero-order valence-electron chi connectivity index (χ0n) is 6.73. The number of hydrogen-bond acceptors (Lipinski definition) is 1. The molecule has 1 aromatic heterocycles. The lowest BCUT2D eigenvalue weighted by molar-refractivity contribution is -0.137. The largest absolute Gasteiger partial charge is 0.416 e. The standard InChI is InChI=1S/C9H4F4S/c10-7-4-14-8-3-5(9(11,12)13)1-2-6(7)8/h1-4H. The predicted molar refractivity (Wildman–Crippen MR) is 46.8 cm³/mol. The van der Waals surface area contributed by atoms with E-state index in [1.807, 2.05) is 0 Å².